The minimum Gasteiger partial charge on any atom is -0.478 e. The zero-order chi connectivity index (χ0) is 19.9. The molecule has 0 radical (unpaired) electrons. The number of nitrogens with zero attached hydrogens (tertiary/aromatic N) is 3. The monoisotopic (exact) mass is 375 g/mol. The second-order valence-electron chi connectivity index (χ2n) is 8.12. The predicted octanol–water partition coefficient (Wildman–Crippen LogP) is 4.11. The van der Waals surface area contributed by atoms with E-state index in [2.05, 4.69) is 13.0 Å². The van der Waals surface area contributed by atoms with Gasteiger partial charge in [-0.3, -0.25) is 4.79 Å². The van der Waals surface area contributed by atoms with E-state index in [1.54, 1.807) is 0 Å². The summed E-state index contributed by atoms with van der Waals surface area (Å²) in [5.41, 5.74) is 2.60. The third kappa shape index (κ3) is 2.79. The van der Waals surface area contributed by atoms with Gasteiger partial charge in [-0.1, -0.05) is 44.2 Å². The van der Waals surface area contributed by atoms with Gasteiger partial charge in [-0.05, 0) is 32.1 Å². The third-order valence-electron chi connectivity index (χ3n) is 6.53. The quantitative estimate of drug-likeness (QED) is 0.807. The number of fused-ring (bicyclic) bond motifs is 3. The number of rotatable bonds is 3. The van der Waals surface area contributed by atoms with E-state index in [0.29, 0.717) is 24.7 Å². The number of benzene rings is 1. The Morgan fingerprint density at radius 2 is 2.04 bits per heavy atom. The van der Waals surface area contributed by atoms with Crippen molar-refractivity contribution in [2.75, 3.05) is 6.61 Å². The van der Waals surface area contributed by atoms with Crippen molar-refractivity contribution in [3.05, 3.63) is 41.6 Å². The van der Waals surface area contributed by atoms with Crippen molar-refractivity contribution >= 4 is 5.78 Å². The van der Waals surface area contributed by atoms with E-state index in [4.69, 9.17) is 14.7 Å². The number of hydrogen-bond donors (Lipinski definition) is 0. The van der Waals surface area contributed by atoms with E-state index < -0.39 is 5.92 Å². The maximum absolute atomic E-state index is 12.6. The van der Waals surface area contributed by atoms with Crippen molar-refractivity contribution in [2.45, 2.75) is 45.4 Å². The zero-order valence-corrected chi connectivity index (χ0v) is 16.6. The highest BCUT2D eigenvalue weighted by Gasteiger charge is 2.53. The molecule has 1 aromatic heterocycles. The summed E-state index contributed by atoms with van der Waals surface area (Å²) in [5.74, 6) is 0.836. The van der Waals surface area contributed by atoms with Crippen LogP contribution in [0, 0.1) is 29.1 Å². The molecule has 28 heavy (non-hydrogen) atoms. The first kappa shape index (κ1) is 18.6. The van der Waals surface area contributed by atoms with Gasteiger partial charge < -0.3 is 4.74 Å². The van der Waals surface area contributed by atoms with Crippen molar-refractivity contribution in [3.63, 3.8) is 0 Å². The first-order chi connectivity index (χ1) is 13.5. The van der Waals surface area contributed by atoms with Crippen molar-refractivity contribution in [3.8, 4) is 23.3 Å². The molecule has 1 aromatic carbocycles. The van der Waals surface area contributed by atoms with Crippen LogP contribution in [-0.4, -0.2) is 22.4 Å². The van der Waals surface area contributed by atoms with Crippen molar-refractivity contribution < 1.29 is 9.53 Å². The molecule has 2 aliphatic carbocycles. The number of ketones is 1. The molecule has 0 saturated heterocycles. The molecule has 4 atom stereocenters. The van der Waals surface area contributed by atoms with Gasteiger partial charge >= 0.3 is 0 Å². The molecule has 0 N–H and O–H groups in total. The SMILES string of the molecule is CCOc1nc(-c2ccccc2)nc2c1CC[C@H]1[C@H](C)C(=O)C(C#N)C[C@]21C. The third-order valence-corrected chi connectivity index (χ3v) is 6.53. The Kier molecular flexibility index (Phi) is 4.66. The van der Waals surface area contributed by atoms with Crippen LogP contribution in [0.25, 0.3) is 11.4 Å². The Balaban J connectivity index is 1.91. The van der Waals surface area contributed by atoms with E-state index in [1.807, 2.05) is 44.2 Å². The van der Waals surface area contributed by atoms with Gasteiger partial charge in [0.2, 0.25) is 5.88 Å². The number of nitriles is 1. The maximum atomic E-state index is 12.6. The first-order valence-electron chi connectivity index (χ1n) is 10.0. The average Bonchev–Trinajstić information content (AvgIpc) is 2.71. The van der Waals surface area contributed by atoms with Gasteiger partial charge in [0.15, 0.2) is 11.6 Å². The Labute approximate surface area is 165 Å². The van der Waals surface area contributed by atoms with E-state index in [0.717, 1.165) is 29.7 Å². The molecule has 144 valence electrons. The van der Waals surface area contributed by atoms with Gasteiger partial charge in [0.05, 0.1) is 18.4 Å². The summed E-state index contributed by atoms with van der Waals surface area (Å²) in [6, 6.07) is 12.1. The summed E-state index contributed by atoms with van der Waals surface area (Å²) in [6.45, 7) is 6.63. The van der Waals surface area contributed by atoms with Crippen LogP contribution in [0.5, 0.6) is 5.88 Å². The highest BCUT2D eigenvalue weighted by atomic mass is 16.5. The highest BCUT2D eigenvalue weighted by Crippen LogP contribution is 2.53. The van der Waals surface area contributed by atoms with Gasteiger partial charge in [0, 0.05) is 22.5 Å². The Bertz CT molecular complexity index is 950. The molecule has 0 aliphatic heterocycles. The normalized spacial score (nSPS) is 28.8. The lowest BCUT2D eigenvalue weighted by molar-refractivity contribution is -0.132. The van der Waals surface area contributed by atoms with E-state index in [-0.39, 0.29) is 23.0 Å². The molecule has 0 bridgehead atoms. The Morgan fingerprint density at radius 3 is 2.71 bits per heavy atom. The standard InChI is InChI=1S/C23H25N3O2/c1-4-28-22-17-10-11-18-14(2)19(27)16(13-24)12-23(18,3)20(17)25-21(26-22)15-8-6-5-7-9-15/h5-9,14,16,18H,4,10-12H2,1-3H3/t14-,16?,18-,23-/m0/s1. The zero-order valence-electron chi connectivity index (χ0n) is 16.6. The lowest BCUT2D eigenvalue weighted by Gasteiger charge is -2.49. The molecule has 2 aromatic rings. The summed E-state index contributed by atoms with van der Waals surface area (Å²) in [4.78, 5) is 22.4. The fraction of sp³-hybridized carbons (Fsp3) is 0.478. The van der Waals surface area contributed by atoms with E-state index in [9.17, 15) is 10.1 Å². The molecule has 0 amide bonds. The molecule has 4 rings (SSSR count). The molecular weight excluding hydrogens is 350 g/mol. The molecule has 1 heterocycles. The first-order valence-corrected chi connectivity index (χ1v) is 10.0. The summed E-state index contributed by atoms with van der Waals surface area (Å²) in [5, 5.41) is 9.58. The van der Waals surface area contributed by atoms with Crippen LogP contribution in [-0.2, 0) is 16.6 Å². The highest BCUT2D eigenvalue weighted by molar-refractivity contribution is 5.87. The number of ether oxygens (including phenoxy) is 1. The second-order valence-corrected chi connectivity index (χ2v) is 8.12. The fourth-order valence-electron chi connectivity index (χ4n) is 5.13. The van der Waals surface area contributed by atoms with Gasteiger partial charge in [0.1, 0.15) is 5.92 Å². The number of carbonyl (C=O) groups excluding carboxylic acids is 1. The van der Waals surface area contributed by atoms with Crippen LogP contribution < -0.4 is 4.74 Å². The van der Waals surface area contributed by atoms with Gasteiger partial charge in [-0.2, -0.15) is 10.2 Å². The second kappa shape index (κ2) is 7.01. The Hall–Kier alpha value is -2.74. The minimum atomic E-state index is -0.576. The Morgan fingerprint density at radius 1 is 1.29 bits per heavy atom. The summed E-state index contributed by atoms with van der Waals surface area (Å²) >= 11 is 0. The molecule has 1 saturated carbocycles. The topological polar surface area (TPSA) is 75.9 Å². The van der Waals surface area contributed by atoms with E-state index >= 15 is 0 Å². The van der Waals surface area contributed by atoms with Crippen LogP contribution in [0.1, 0.15) is 44.9 Å². The van der Waals surface area contributed by atoms with Crippen molar-refractivity contribution in [1.82, 2.24) is 9.97 Å². The summed E-state index contributed by atoms with van der Waals surface area (Å²) in [6.07, 6.45) is 2.21. The smallest absolute Gasteiger partial charge is 0.220 e. The molecule has 2 aliphatic rings. The molecule has 1 unspecified atom stereocenters. The van der Waals surface area contributed by atoms with Gasteiger partial charge in [0.25, 0.3) is 0 Å². The number of aromatic nitrogens is 2. The van der Waals surface area contributed by atoms with Crippen LogP contribution in [0.2, 0.25) is 0 Å². The molecule has 1 fully saturated rings. The van der Waals surface area contributed by atoms with Crippen molar-refractivity contribution in [2.24, 2.45) is 17.8 Å². The number of Topliss-reactive ketones (excluding diaryl/α,β-unsaturated/α-hetero) is 1. The molecule has 0 spiro atoms. The van der Waals surface area contributed by atoms with Crippen LogP contribution in [0.15, 0.2) is 30.3 Å². The van der Waals surface area contributed by atoms with E-state index in [1.165, 1.54) is 0 Å². The molecule has 5 heteroatoms. The predicted molar refractivity (Wildman–Crippen MR) is 106 cm³/mol. The van der Waals surface area contributed by atoms with Crippen LogP contribution in [0.4, 0.5) is 0 Å². The lowest BCUT2D eigenvalue weighted by atomic mass is 9.54. The maximum Gasteiger partial charge on any atom is 0.220 e. The lowest BCUT2D eigenvalue weighted by Crippen LogP contribution is -2.50. The largest absolute Gasteiger partial charge is 0.478 e. The van der Waals surface area contributed by atoms with Gasteiger partial charge in [-0.25, -0.2) is 4.98 Å². The van der Waals surface area contributed by atoms with Crippen LogP contribution >= 0.6 is 0 Å². The molecule has 5 nitrogen and oxygen atoms in total. The number of hydrogen-bond acceptors (Lipinski definition) is 5. The summed E-state index contributed by atoms with van der Waals surface area (Å²) in [7, 11) is 0. The molecular formula is C23H25N3O2. The number of carbonyl (C=O) groups is 1. The van der Waals surface area contributed by atoms with Gasteiger partial charge in [-0.15, -0.1) is 0 Å². The summed E-state index contributed by atoms with van der Waals surface area (Å²) < 4.78 is 5.91. The fourth-order valence-corrected chi connectivity index (χ4v) is 5.13. The minimum absolute atomic E-state index is 0.0794. The van der Waals surface area contributed by atoms with Crippen LogP contribution in [0.3, 0.4) is 0 Å². The average molecular weight is 375 g/mol. The van der Waals surface area contributed by atoms with Crippen molar-refractivity contribution in [1.29, 1.82) is 5.26 Å².